The molecule has 2 atom stereocenters. The van der Waals surface area contributed by atoms with Crippen LogP contribution in [0.4, 0.5) is 0 Å². The van der Waals surface area contributed by atoms with E-state index in [4.69, 9.17) is 15.4 Å². The van der Waals surface area contributed by atoms with Crippen LogP contribution in [-0.2, 0) is 13.8 Å². The van der Waals surface area contributed by atoms with E-state index in [9.17, 15) is 13.2 Å². The zero-order valence-electron chi connectivity index (χ0n) is 11.3. The van der Waals surface area contributed by atoms with Gasteiger partial charge in [-0.2, -0.15) is 0 Å². The third kappa shape index (κ3) is 4.42. The molecule has 0 radical (unpaired) electrons. The summed E-state index contributed by atoms with van der Waals surface area (Å²) < 4.78 is 28.6. The average molecular weight is 397 g/mol. The summed E-state index contributed by atoms with van der Waals surface area (Å²) in [7, 11) is 1.43. The second-order valence-corrected chi connectivity index (χ2v) is 8.43. The van der Waals surface area contributed by atoms with E-state index < -0.39 is 9.05 Å². The molecule has 2 unspecified atom stereocenters. The Bertz CT molecular complexity index is 650. The summed E-state index contributed by atoms with van der Waals surface area (Å²) in [5.74, 6) is -0.0608. The van der Waals surface area contributed by atoms with Gasteiger partial charge >= 0.3 is 0 Å². The first-order valence-corrected chi connectivity index (χ1v) is 9.52. The number of rotatable bonds is 4. The van der Waals surface area contributed by atoms with Gasteiger partial charge in [-0.05, 0) is 31.5 Å². The van der Waals surface area contributed by atoms with Gasteiger partial charge in [0.1, 0.15) is 0 Å². The molecule has 0 aliphatic carbocycles. The summed E-state index contributed by atoms with van der Waals surface area (Å²) in [5, 5.41) is 2.80. The quantitative estimate of drug-likeness (QED) is 0.794. The molecule has 21 heavy (non-hydrogen) atoms. The van der Waals surface area contributed by atoms with Crippen molar-refractivity contribution >= 4 is 41.6 Å². The van der Waals surface area contributed by atoms with Crippen molar-refractivity contribution in [3.63, 3.8) is 0 Å². The predicted octanol–water partition coefficient (Wildman–Crippen LogP) is 2.53. The van der Waals surface area contributed by atoms with Gasteiger partial charge < -0.3 is 10.1 Å². The molecular weight excluding hydrogens is 382 g/mol. The highest BCUT2D eigenvalue weighted by molar-refractivity contribution is 9.10. The lowest BCUT2D eigenvalue weighted by Gasteiger charge is -2.15. The van der Waals surface area contributed by atoms with Gasteiger partial charge in [-0.3, -0.25) is 4.79 Å². The van der Waals surface area contributed by atoms with Gasteiger partial charge in [-0.25, -0.2) is 8.42 Å². The van der Waals surface area contributed by atoms with Crippen molar-refractivity contribution in [1.82, 2.24) is 5.32 Å². The Morgan fingerprint density at radius 2 is 2.19 bits per heavy atom. The Kier molecular flexibility index (Phi) is 5.29. The molecule has 1 saturated heterocycles. The van der Waals surface area contributed by atoms with Gasteiger partial charge in [0.05, 0.1) is 11.0 Å². The maximum atomic E-state index is 12.1. The normalized spacial score (nSPS) is 22.2. The zero-order chi connectivity index (χ0) is 15.6. The molecule has 1 aliphatic heterocycles. The van der Waals surface area contributed by atoms with Gasteiger partial charge in [-0.1, -0.05) is 15.9 Å². The number of nitrogens with one attached hydrogen (secondary N) is 1. The van der Waals surface area contributed by atoms with Crippen LogP contribution in [0.3, 0.4) is 0 Å². The minimum atomic E-state index is -3.88. The van der Waals surface area contributed by atoms with Crippen LogP contribution in [0.1, 0.15) is 23.7 Å². The number of halogens is 2. The standard InChI is InChI=1S/C13H15BrClNO4S/c1-8-9(2-3-20-8)7-16-13(17)10-4-11(14)6-12(5-10)21(15,18)19/h4-6,8-9H,2-3,7H2,1H3,(H,16,17). The molecular formula is C13H15BrClNO4S. The van der Waals surface area contributed by atoms with Gasteiger partial charge in [-0.15, -0.1) is 0 Å². The minimum Gasteiger partial charge on any atom is -0.378 e. The molecule has 5 nitrogen and oxygen atoms in total. The number of carbonyl (C=O) groups is 1. The van der Waals surface area contributed by atoms with Crippen molar-refractivity contribution in [2.75, 3.05) is 13.2 Å². The van der Waals surface area contributed by atoms with Gasteiger partial charge in [0.2, 0.25) is 0 Å². The van der Waals surface area contributed by atoms with E-state index in [0.717, 1.165) is 6.42 Å². The molecule has 1 aromatic carbocycles. The van der Waals surface area contributed by atoms with Crippen molar-refractivity contribution in [2.24, 2.45) is 5.92 Å². The van der Waals surface area contributed by atoms with E-state index in [1.54, 1.807) is 6.07 Å². The van der Waals surface area contributed by atoms with Crippen molar-refractivity contribution in [2.45, 2.75) is 24.3 Å². The molecule has 0 spiro atoms. The lowest BCUT2D eigenvalue weighted by molar-refractivity contribution is 0.0907. The third-order valence-corrected chi connectivity index (χ3v) is 5.26. The molecule has 1 N–H and O–H groups in total. The molecule has 0 saturated carbocycles. The zero-order valence-corrected chi connectivity index (χ0v) is 14.5. The van der Waals surface area contributed by atoms with Gasteiger partial charge in [0, 0.05) is 39.8 Å². The molecule has 2 rings (SSSR count). The summed E-state index contributed by atoms with van der Waals surface area (Å²) in [6.07, 6.45) is 1.02. The smallest absolute Gasteiger partial charge is 0.261 e. The molecule has 0 bridgehead atoms. The Labute approximate surface area is 136 Å². The fourth-order valence-corrected chi connectivity index (χ4v) is 3.65. The maximum absolute atomic E-state index is 12.1. The molecule has 1 heterocycles. The predicted molar refractivity (Wildman–Crippen MR) is 83.0 cm³/mol. The summed E-state index contributed by atoms with van der Waals surface area (Å²) in [5.41, 5.74) is 0.246. The van der Waals surface area contributed by atoms with Crippen LogP contribution >= 0.6 is 26.6 Å². The monoisotopic (exact) mass is 395 g/mol. The van der Waals surface area contributed by atoms with Crippen LogP contribution in [0.25, 0.3) is 0 Å². The molecule has 1 aliphatic rings. The highest BCUT2D eigenvalue weighted by atomic mass is 79.9. The highest BCUT2D eigenvalue weighted by Gasteiger charge is 2.24. The first-order chi connectivity index (χ1) is 9.77. The summed E-state index contributed by atoms with van der Waals surface area (Å²) in [6, 6.07) is 4.17. The van der Waals surface area contributed by atoms with E-state index >= 15 is 0 Å². The number of ether oxygens (including phenoxy) is 1. The van der Waals surface area contributed by atoms with E-state index in [2.05, 4.69) is 21.2 Å². The van der Waals surface area contributed by atoms with E-state index in [0.29, 0.717) is 17.6 Å². The molecule has 8 heteroatoms. The fraction of sp³-hybridized carbons (Fsp3) is 0.462. The number of benzene rings is 1. The summed E-state index contributed by atoms with van der Waals surface area (Å²) in [6.45, 7) is 3.17. The Morgan fingerprint density at radius 1 is 1.48 bits per heavy atom. The van der Waals surface area contributed by atoms with Crippen molar-refractivity contribution in [1.29, 1.82) is 0 Å². The van der Waals surface area contributed by atoms with Crippen LogP contribution in [0.2, 0.25) is 0 Å². The molecule has 1 aromatic rings. The molecule has 1 fully saturated rings. The summed E-state index contributed by atoms with van der Waals surface area (Å²) >= 11 is 3.18. The Morgan fingerprint density at radius 3 is 2.76 bits per heavy atom. The van der Waals surface area contributed by atoms with E-state index in [-0.39, 0.29) is 28.4 Å². The lowest BCUT2D eigenvalue weighted by Crippen LogP contribution is -2.32. The maximum Gasteiger partial charge on any atom is 0.261 e. The second-order valence-electron chi connectivity index (χ2n) is 4.95. The number of hydrogen-bond donors (Lipinski definition) is 1. The molecule has 1 amide bonds. The minimum absolute atomic E-state index is 0.110. The fourth-order valence-electron chi connectivity index (χ4n) is 2.20. The number of hydrogen-bond acceptors (Lipinski definition) is 4. The van der Waals surface area contributed by atoms with E-state index in [1.165, 1.54) is 12.1 Å². The number of amides is 1. The Balaban J connectivity index is 2.10. The van der Waals surface area contributed by atoms with Gasteiger partial charge in [0.15, 0.2) is 0 Å². The van der Waals surface area contributed by atoms with E-state index in [1.807, 2.05) is 6.92 Å². The SMILES string of the molecule is CC1OCCC1CNC(=O)c1cc(Br)cc(S(=O)(=O)Cl)c1. The van der Waals surface area contributed by atoms with Crippen molar-refractivity contribution in [3.8, 4) is 0 Å². The van der Waals surface area contributed by atoms with Crippen LogP contribution in [0.15, 0.2) is 27.6 Å². The highest BCUT2D eigenvalue weighted by Crippen LogP contribution is 2.23. The van der Waals surface area contributed by atoms with Crippen LogP contribution < -0.4 is 5.32 Å². The van der Waals surface area contributed by atoms with Gasteiger partial charge in [0.25, 0.3) is 15.0 Å². The van der Waals surface area contributed by atoms with Crippen LogP contribution in [0.5, 0.6) is 0 Å². The summed E-state index contributed by atoms with van der Waals surface area (Å²) in [4.78, 5) is 12.0. The largest absolute Gasteiger partial charge is 0.378 e. The average Bonchev–Trinajstić information content (AvgIpc) is 2.79. The third-order valence-electron chi connectivity index (χ3n) is 3.47. The Hall–Kier alpha value is -0.630. The van der Waals surface area contributed by atoms with Crippen LogP contribution in [-0.4, -0.2) is 33.6 Å². The lowest BCUT2D eigenvalue weighted by atomic mass is 10.0. The van der Waals surface area contributed by atoms with Crippen molar-refractivity contribution in [3.05, 3.63) is 28.2 Å². The number of carbonyl (C=O) groups excluding carboxylic acids is 1. The first kappa shape index (κ1) is 16.7. The second kappa shape index (κ2) is 6.64. The first-order valence-electron chi connectivity index (χ1n) is 6.42. The molecule has 116 valence electrons. The van der Waals surface area contributed by atoms with Crippen molar-refractivity contribution < 1.29 is 17.9 Å². The van der Waals surface area contributed by atoms with Crippen LogP contribution in [0, 0.1) is 5.92 Å². The molecule has 0 aromatic heterocycles. The topological polar surface area (TPSA) is 72.5 Å².